The first-order valence-electron chi connectivity index (χ1n) is 23.5. The number of aromatic nitrogens is 1. The zero-order chi connectivity index (χ0) is 51.7. The molecule has 0 saturated carbocycles. The zero-order valence-electron chi connectivity index (χ0n) is 40.8. The number of thiazole rings is 1. The number of nitrogens with one attached hydrogen (secondary N) is 2. The second-order valence-corrected chi connectivity index (χ2v) is 20.7. The van der Waals surface area contributed by atoms with Crippen molar-refractivity contribution in [3.63, 3.8) is 0 Å². The fourth-order valence-electron chi connectivity index (χ4n) is 8.68. The predicted octanol–water partition coefficient (Wildman–Crippen LogP) is 8.95. The molecule has 0 radical (unpaired) electrons. The van der Waals surface area contributed by atoms with E-state index >= 15 is 0 Å². The van der Waals surface area contributed by atoms with Gasteiger partial charge in [-0.05, 0) is 92.8 Å². The molecule has 3 aromatic carbocycles. The Kier molecular flexibility index (Phi) is 18.2. The molecule has 19 heteroatoms. The Morgan fingerprint density at radius 2 is 1.65 bits per heavy atom. The van der Waals surface area contributed by atoms with Crippen LogP contribution in [0.5, 0.6) is 5.75 Å². The number of benzene rings is 3. The Balaban J connectivity index is 0.851. The molecule has 1 aromatic heterocycles. The van der Waals surface area contributed by atoms with Crippen LogP contribution in [0.15, 0.2) is 72.2 Å². The number of β-amino-alcohol motifs (C(OH)–C–C–N with tert-alkyl or cyclic N) is 1. The van der Waals surface area contributed by atoms with Crippen molar-refractivity contribution in [2.24, 2.45) is 10.8 Å². The summed E-state index contributed by atoms with van der Waals surface area (Å²) >= 11 is 7.26. The molecule has 4 amide bonds. The summed E-state index contributed by atoms with van der Waals surface area (Å²) in [5.74, 6) is -1.72. The quantitative estimate of drug-likeness (QED) is 0.0417. The third-order valence-corrected chi connectivity index (χ3v) is 13.9. The fourth-order valence-corrected chi connectivity index (χ4v) is 10.1. The van der Waals surface area contributed by atoms with Gasteiger partial charge in [0.05, 0.1) is 51.3 Å². The van der Waals surface area contributed by atoms with Gasteiger partial charge in [-0.2, -0.15) is 13.2 Å². The van der Waals surface area contributed by atoms with Gasteiger partial charge in [0.25, 0.3) is 0 Å². The van der Waals surface area contributed by atoms with Gasteiger partial charge in [0, 0.05) is 50.9 Å². The summed E-state index contributed by atoms with van der Waals surface area (Å²) in [6, 6.07) is 16.3. The maximum Gasteiger partial charge on any atom is 0.407 e. The Morgan fingerprint density at radius 1 is 0.972 bits per heavy atom. The largest absolute Gasteiger partial charge is 0.494 e. The average molecular weight is 1020 g/mol. The first-order chi connectivity index (χ1) is 33.6. The minimum absolute atomic E-state index is 0.0283. The van der Waals surface area contributed by atoms with Crippen LogP contribution in [0.2, 0.25) is 0 Å². The maximum absolute atomic E-state index is 13.9. The minimum atomic E-state index is -4.78. The maximum atomic E-state index is 13.9. The lowest BCUT2D eigenvalue weighted by molar-refractivity contribution is -0.144. The summed E-state index contributed by atoms with van der Waals surface area (Å²) < 4.78 is 58.4. The second-order valence-electron chi connectivity index (χ2n) is 19.4. The topological polar surface area (TPSA) is 164 Å². The van der Waals surface area contributed by atoms with Crippen molar-refractivity contribution in [3.05, 3.63) is 106 Å². The standard InChI is InChI=1S/C52H61F3N6O8S2/c1-32-44(71-31-58-32)35-14-12-33(13-15-35)28-57-46(64)41-27-37(62)29-60(41)47(65)45(50(2,3)4)59-42(63)30-68-24-11-23-67-22-9-8-10-25-69-38-19-16-34(17-20-38)43-48(70)61(49(66)51(43,5)6)36-18-21-40(56-7)39(26-36)52(53,54)55/h12-21,26,31,37,41,43,45,62H,8-11,22-25,27-30H2,1-6H3,(H,57,64)(H,59,63)/t37-,41-,43?,45+/m0/s1. The summed E-state index contributed by atoms with van der Waals surface area (Å²) in [7, 11) is 0. The van der Waals surface area contributed by atoms with Crippen molar-refractivity contribution >= 4 is 63.5 Å². The van der Waals surface area contributed by atoms with Crippen molar-refractivity contribution in [2.45, 2.75) is 110 Å². The summed E-state index contributed by atoms with van der Waals surface area (Å²) in [5.41, 5.74) is 1.92. The minimum Gasteiger partial charge on any atom is -0.494 e. The Hall–Kier alpha value is -5.78. The van der Waals surface area contributed by atoms with Crippen LogP contribution in [-0.2, 0) is 41.4 Å². The highest BCUT2D eigenvalue weighted by atomic mass is 32.1. The van der Waals surface area contributed by atoms with Gasteiger partial charge in [-0.3, -0.25) is 24.1 Å². The molecule has 4 aromatic rings. The number of hydrogen-bond donors (Lipinski definition) is 3. The molecule has 2 aliphatic rings. The number of carbonyl (C=O) groups is 4. The molecule has 3 N–H and O–H groups in total. The predicted molar refractivity (Wildman–Crippen MR) is 268 cm³/mol. The van der Waals surface area contributed by atoms with Crippen molar-refractivity contribution in [2.75, 3.05) is 44.5 Å². The van der Waals surface area contributed by atoms with Gasteiger partial charge in [-0.25, -0.2) is 9.83 Å². The molecule has 0 spiro atoms. The smallest absolute Gasteiger partial charge is 0.407 e. The monoisotopic (exact) mass is 1020 g/mol. The molecular formula is C52H61F3N6O8S2. The highest BCUT2D eigenvalue weighted by Crippen LogP contribution is 2.48. The van der Waals surface area contributed by atoms with Crippen LogP contribution in [0, 0.1) is 24.3 Å². The van der Waals surface area contributed by atoms with E-state index in [9.17, 15) is 37.5 Å². The molecule has 2 aliphatic heterocycles. The SMILES string of the molecule is [C-]#[N+]c1ccc(N2C(=O)C(C)(C)C(c3ccc(OCCCCCOCCCOCC(=O)N[C@H](C(=O)N4C[C@@H](O)C[C@H]4C(=O)NCc4ccc(-c5scnc5C)cc4)C(C)(C)C)cc3)C2=S)cc1C(F)(F)F. The molecule has 6 rings (SSSR count). The third kappa shape index (κ3) is 13.6. The number of aryl methyl sites for hydroxylation is 1. The molecule has 14 nitrogen and oxygen atoms in total. The van der Waals surface area contributed by atoms with Crippen molar-refractivity contribution in [3.8, 4) is 16.2 Å². The average Bonchev–Trinajstić information content (AvgIpc) is 3.99. The van der Waals surface area contributed by atoms with Gasteiger partial charge in [-0.1, -0.05) is 75.5 Å². The van der Waals surface area contributed by atoms with E-state index in [0.717, 1.165) is 63.6 Å². The Morgan fingerprint density at radius 3 is 2.30 bits per heavy atom. The van der Waals surface area contributed by atoms with E-state index in [0.29, 0.717) is 32.0 Å². The third-order valence-electron chi connectivity index (χ3n) is 12.5. The number of aliphatic hydroxyl groups is 1. The summed E-state index contributed by atoms with van der Waals surface area (Å²) in [5, 5.41) is 16.3. The van der Waals surface area contributed by atoms with Gasteiger partial charge in [-0.15, -0.1) is 11.3 Å². The number of nitrogens with zero attached hydrogens (tertiary/aromatic N) is 4. The number of ether oxygens (including phenoxy) is 3. The fraction of sp³-hybridized carbons (Fsp3) is 0.481. The van der Waals surface area contributed by atoms with Crippen molar-refractivity contribution in [1.82, 2.24) is 20.5 Å². The molecular weight excluding hydrogens is 958 g/mol. The number of hydrogen-bond acceptors (Lipinski definition) is 11. The summed E-state index contributed by atoms with van der Waals surface area (Å²) in [6.45, 7) is 19.6. The van der Waals surface area contributed by atoms with Crippen LogP contribution in [-0.4, -0.2) is 101 Å². The van der Waals surface area contributed by atoms with Crippen LogP contribution in [0.25, 0.3) is 15.3 Å². The number of aliphatic hydroxyl groups excluding tert-OH is 1. The van der Waals surface area contributed by atoms with E-state index in [2.05, 4.69) is 20.5 Å². The van der Waals surface area contributed by atoms with Gasteiger partial charge >= 0.3 is 6.18 Å². The van der Waals surface area contributed by atoms with Crippen LogP contribution >= 0.6 is 23.6 Å². The lowest BCUT2D eigenvalue weighted by Gasteiger charge is -2.35. The molecule has 1 unspecified atom stereocenters. The van der Waals surface area contributed by atoms with Gasteiger partial charge in [0.2, 0.25) is 23.6 Å². The molecule has 3 heterocycles. The molecule has 0 bridgehead atoms. The van der Waals surface area contributed by atoms with Crippen LogP contribution < -0.4 is 20.3 Å². The number of likely N-dealkylation sites (tertiary alicyclic amines) is 1. The molecule has 4 atom stereocenters. The van der Waals surface area contributed by atoms with E-state index in [1.54, 1.807) is 55.0 Å². The molecule has 2 saturated heterocycles. The highest BCUT2D eigenvalue weighted by molar-refractivity contribution is 7.80. The van der Waals surface area contributed by atoms with Gasteiger partial charge < -0.3 is 34.9 Å². The lowest BCUT2D eigenvalue weighted by Crippen LogP contribution is -2.58. The highest BCUT2D eigenvalue weighted by Gasteiger charge is 2.52. The molecule has 71 heavy (non-hydrogen) atoms. The number of rotatable bonds is 21. The molecule has 0 aliphatic carbocycles. The lowest BCUT2D eigenvalue weighted by atomic mass is 9.77. The summed E-state index contributed by atoms with van der Waals surface area (Å²) in [4.78, 5) is 65.0. The number of unbranched alkanes of at least 4 members (excludes halogenated alkanes) is 2. The van der Waals surface area contributed by atoms with Crippen LogP contribution in [0.3, 0.4) is 0 Å². The van der Waals surface area contributed by atoms with Crippen LogP contribution in [0.4, 0.5) is 24.5 Å². The second kappa shape index (κ2) is 23.6. The van der Waals surface area contributed by atoms with Crippen molar-refractivity contribution in [1.29, 1.82) is 0 Å². The number of thiocarbonyl (C=S) groups is 1. The normalized spacial score (nSPS) is 18.4. The van der Waals surface area contributed by atoms with E-state index in [-0.39, 0.29) is 49.3 Å². The Bertz CT molecular complexity index is 2580. The van der Waals surface area contributed by atoms with E-state index in [1.165, 1.54) is 11.0 Å². The number of halogens is 3. The number of amides is 4. The summed E-state index contributed by atoms with van der Waals surface area (Å²) in [6.07, 6.45) is -2.60. The van der Waals surface area contributed by atoms with E-state index < -0.39 is 70.1 Å². The Labute approximate surface area is 422 Å². The van der Waals surface area contributed by atoms with E-state index in [4.69, 9.17) is 33.0 Å². The van der Waals surface area contributed by atoms with Gasteiger partial charge in [0.1, 0.15) is 24.4 Å². The zero-order valence-corrected chi connectivity index (χ0v) is 42.4. The van der Waals surface area contributed by atoms with E-state index in [1.807, 2.05) is 52.0 Å². The number of carbonyl (C=O) groups excluding carboxylic acids is 4. The first-order valence-corrected chi connectivity index (χ1v) is 24.8. The van der Waals surface area contributed by atoms with Crippen molar-refractivity contribution < 1.29 is 51.7 Å². The molecule has 2 fully saturated rings. The van der Waals surface area contributed by atoms with Gasteiger partial charge in [0.15, 0.2) is 5.69 Å². The number of anilines is 1. The van der Waals surface area contributed by atoms with Crippen LogP contribution in [0.1, 0.15) is 95.0 Å². The molecule has 380 valence electrons. The number of alkyl halides is 3. The first kappa shape index (κ1) is 54.6.